The number of rotatable bonds is 5. The van der Waals surface area contributed by atoms with Crippen molar-refractivity contribution in [2.24, 2.45) is 0 Å². The largest absolute Gasteiger partial charge is 0.352 e. The summed E-state index contributed by atoms with van der Waals surface area (Å²) in [5.41, 5.74) is 3.69. The molecule has 3 aromatic heterocycles. The fourth-order valence-corrected chi connectivity index (χ4v) is 2.64. The molecular weight excluding hydrogens is 302 g/mol. The van der Waals surface area contributed by atoms with Gasteiger partial charge in [0.25, 0.3) is 5.91 Å². The molecule has 0 aromatic carbocycles. The Morgan fingerprint density at radius 2 is 2.04 bits per heavy atom. The Labute approximate surface area is 140 Å². The number of carbonyl (C=O) groups is 1. The molecular formula is C18H19N5O. The molecule has 6 nitrogen and oxygen atoms in total. The Morgan fingerprint density at radius 1 is 1.17 bits per heavy atom. The van der Waals surface area contributed by atoms with Gasteiger partial charge in [-0.15, -0.1) is 0 Å². The lowest BCUT2D eigenvalue weighted by Crippen LogP contribution is -2.26. The molecule has 0 saturated carbocycles. The Morgan fingerprint density at radius 3 is 2.75 bits per heavy atom. The molecule has 3 rings (SSSR count). The van der Waals surface area contributed by atoms with Crippen molar-refractivity contribution in [1.82, 2.24) is 25.1 Å². The summed E-state index contributed by atoms with van der Waals surface area (Å²) in [6.45, 7) is 4.54. The number of amides is 1. The summed E-state index contributed by atoms with van der Waals surface area (Å²) in [6, 6.07) is 9.24. The lowest BCUT2D eigenvalue weighted by Gasteiger charge is -2.06. The summed E-state index contributed by atoms with van der Waals surface area (Å²) in [6.07, 6.45) is 5.68. The minimum absolute atomic E-state index is 0.115. The van der Waals surface area contributed by atoms with Crippen LogP contribution < -0.4 is 5.32 Å². The number of carbonyl (C=O) groups excluding carboxylic acids is 1. The second kappa shape index (κ2) is 7.04. The molecule has 0 saturated heterocycles. The van der Waals surface area contributed by atoms with Crippen LogP contribution in [0.2, 0.25) is 0 Å². The zero-order valence-electron chi connectivity index (χ0n) is 13.7. The molecule has 0 fully saturated rings. The quantitative estimate of drug-likeness (QED) is 0.782. The van der Waals surface area contributed by atoms with Crippen molar-refractivity contribution in [3.63, 3.8) is 0 Å². The van der Waals surface area contributed by atoms with Crippen LogP contribution in [0, 0.1) is 13.8 Å². The molecule has 0 atom stereocenters. The van der Waals surface area contributed by atoms with Crippen molar-refractivity contribution in [2.75, 3.05) is 6.54 Å². The van der Waals surface area contributed by atoms with Crippen molar-refractivity contribution >= 4 is 5.91 Å². The first-order chi connectivity index (χ1) is 11.7. The highest BCUT2D eigenvalue weighted by molar-refractivity contribution is 5.93. The second-order valence-electron chi connectivity index (χ2n) is 5.50. The van der Waals surface area contributed by atoms with Crippen molar-refractivity contribution < 1.29 is 4.79 Å². The number of pyridine rings is 2. The van der Waals surface area contributed by atoms with E-state index in [2.05, 4.69) is 20.4 Å². The number of hydrogen-bond donors (Lipinski definition) is 1. The van der Waals surface area contributed by atoms with Crippen LogP contribution >= 0.6 is 0 Å². The zero-order chi connectivity index (χ0) is 16.9. The number of nitrogens with one attached hydrogen (secondary N) is 1. The number of nitrogens with zero attached hydrogens (tertiary/aromatic N) is 4. The van der Waals surface area contributed by atoms with Gasteiger partial charge in [0.05, 0.1) is 11.3 Å². The molecule has 1 amide bonds. The predicted octanol–water partition coefficient (Wildman–Crippen LogP) is 2.25. The third-order valence-electron chi connectivity index (χ3n) is 3.89. The zero-order valence-corrected chi connectivity index (χ0v) is 13.7. The van der Waals surface area contributed by atoms with Crippen molar-refractivity contribution in [2.45, 2.75) is 20.3 Å². The smallest absolute Gasteiger partial charge is 0.252 e. The molecule has 3 heterocycles. The van der Waals surface area contributed by atoms with E-state index in [9.17, 15) is 4.79 Å². The Balaban J connectivity index is 1.68. The van der Waals surface area contributed by atoms with Gasteiger partial charge in [-0.05, 0) is 50.1 Å². The summed E-state index contributed by atoms with van der Waals surface area (Å²) >= 11 is 0. The fraction of sp³-hybridized carbons (Fsp3) is 0.222. The highest BCUT2D eigenvalue weighted by Gasteiger charge is 2.13. The van der Waals surface area contributed by atoms with Crippen LogP contribution in [0.4, 0.5) is 0 Å². The topological polar surface area (TPSA) is 72.7 Å². The van der Waals surface area contributed by atoms with Crippen molar-refractivity contribution in [3.8, 4) is 5.82 Å². The van der Waals surface area contributed by atoms with Gasteiger partial charge in [0.15, 0.2) is 5.82 Å². The van der Waals surface area contributed by atoms with Gasteiger partial charge in [0.1, 0.15) is 0 Å². The average Bonchev–Trinajstić information content (AvgIpc) is 2.91. The van der Waals surface area contributed by atoms with E-state index in [1.165, 1.54) is 0 Å². The summed E-state index contributed by atoms with van der Waals surface area (Å²) in [4.78, 5) is 20.3. The first-order valence-electron chi connectivity index (χ1n) is 7.81. The monoisotopic (exact) mass is 321 g/mol. The summed E-state index contributed by atoms with van der Waals surface area (Å²) in [5.74, 6) is 0.680. The minimum atomic E-state index is -0.115. The summed E-state index contributed by atoms with van der Waals surface area (Å²) < 4.78 is 1.84. The Hall–Kier alpha value is -3.02. The van der Waals surface area contributed by atoms with E-state index in [1.54, 1.807) is 30.7 Å². The highest BCUT2D eigenvalue weighted by atomic mass is 16.1. The average molecular weight is 321 g/mol. The normalized spacial score (nSPS) is 10.6. The first-order valence-corrected chi connectivity index (χ1v) is 7.81. The van der Waals surface area contributed by atoms with Crippen LogP contribution in [-0.4, -0.2) is 32.2 Å². The van der Waals surface area contributed by atoms with Gasteiger partial charge in [-0.3, -0.25) is 9.78 Å². The maximum Gasteiger partial charge on any atom is 0.252 e. The molecule has 1 N–H and O–H groups in total. The Bertz CT molecular complexity index is 827. The van der Waals surface area contributed by atoms with E-state index in [-0.39, 0.29) is 5.91 Å². The lowest BCUT2D eigenvalue weighted by molar-refractivity contribution is 0.0953. The SMILES string of the molecule is Cc1nn(-c2ccccn2)c(C)c1CCNC(=O)c1cccnc1. The van der Waals surface area contributed by atoms with Gasteiger partial charge in [-0.1, -0.05) is 6.07 Å². The molecule has 122 valence electrons. The van der Waals surface area contributed by atoms with Crippen LogP contribution in [0.5, 0.6) is 0 Å². The van der Waals surface area contributed by atoms with Crippen molar-refractivity contribution in [3.05, 3.63) is 71.4 Å². The van der Waals surface area contributed by atoms with Gasteiger partial charge in [0.2, 0.25) is 0 Å². The van der Waals surface area contributed by atoms with Crippen LogP contribution in [0.3, 0.4) is 0 Å². The molecule has 0 aliphatic rings. The molecule has 0 aliphatic heterocycles. The third-order valence-corrected chi connectivity index (χ3v) is 3.89. The molecule has 6 heteroatoms. The molecule has 0 unspecified atom stereocenters. The molecule has 0 radical (unpaired) electrons. The van der Waals surface area contributed by atoms with E-state index in [1.807, 2.05) is 36.7 Å². The van der Waals surface area contributed by atoms with Gasteiger partial charge in [-0.25, -0.2) is 9.67 Å². The standard InChI is InChI=1S/C18H19N5O/c1-13-16(8-11-21-18(24)15-6-5-9-19-12-15)14(2)23(22-13)17-7-3-4-10-20-17/h3-7,9-10,12H,8,11H2,1-2H3,(H,21,24). The van der Waals surface area contributed by atoms with Gasteiger partial charge in [0, 0.05) is 30.8 Å². The lowest BCUT2D eigenvalue weighted by atomic mass is 10.1. The molecule has 3 aromatic rings. The second-order valence-corrected chi connectivity index (χ2v) is 5.50. The predicted molar refractivity (Wildman–Crippen MR) is 91.1 cm³/mol. The highest BCUT2D eigenvalue weighted by Crippen LogP contribution is 2.16. The summed E-state index contributed by atoms with van der Waals surface area (Å²) in [7, 11) is 0. The maximum absolute atomic E-state index is 12.0. The van der Waals surface area contributed by atoms with E-state index < -0.39 is 0 Å². The number of aryl methyl sites for hydroxylation is 1. The number of aromatic nitrogens is 4. The first kappa shape index (κ1) is 15.9. The van der Waals surface area contributed by atoms with Gasteiger partial charge in [-0.2, -0.15) is 5.10 Å². The van der Waals surface area contributed by atoms with Crippen LogP contribution in [0.15, 0.2) is 48.9 Å². The Kier molecular flexibility index (Phi) is 4.65. The molecule has 24 heavy (non-hydrogen) atoms. The van der Waals surface area contributed by atoms with Crippen LogP contribution in [0.1, 0.15) is 27.3 Å². The maximum atomic E-state index is 12.0. The van der Waals surface area contributed by atoms with Crippen LogP contribution in [0.25, 0.3) is 5.82 Å². The number of hydrogen-bond acceptors (Lipinski definition) is 4. The van der Waals surface area contributed by atoms with Crippen LogP contribution in [-0.2, 0) is 6.42 Å². The van der Waals surface area contributed by atoms with E-state index in [0.29, 0.717) is 12.1 Å². The van der Waals surface area contributed by atoms with E-state index in [4.69, 9.17) is 0 Å². The van der Waals surface area contributed by atoms with Crippen molar-refractivity contribution in [1.29, 1.82) is 0 Å². The molecule has 0 spiro atoms. The third kappa shape index (κ3) is 3.32. The fourth-order valence-electron chi connectivity index (χ4n) is 2.64. The van der Waals surface area contributed by atoms with Gasteiger partial charge >= 0.3 is 0 Å². The van der Waals surface area contributed by atoms with Gasteiger partial charge < -0.3 is 5.32 Å². The minimum Gasteiger partial charge on any atom is -0.352 e. The van der Waals surface area contributed by atoms with E-state index in [0.717, 1.165) is 29.2 Å². The molecule has 0 bridgehead atoms. The summed E-state index contributed by atoms with van der Waals surface area (Å²) in [5, 5.41) is 7.49. The van der Waals surface area contributed by atoms with E-state index >= 15 is 0 Å². The molecule has 0 aliphatic carbocycles.